The molecule has 0 saturated heterocycles. The second kappa shape index (κ2) is 12.1. The fraction of sp³-hybridized carbons (Fsp3) is 0.387. The van der Waals surface area contributed by atoms with Crippen molar-refractivity contribution in [2.45, 2.75) is 64.8 Å². The summed E-state index contributed by atoms with van der Waals surface area (Å²) >= 11 is 0. The van der Waals surface area contributed by atoms with E-state index in [0.29, 0.717) is 29.0 Å². The molecule has 2 N–H and O–H groups in total. The Labute approximate surface area is 214 Å². The van der Waals surface area contributed by atoms with E-state index >= 15 is 0 Å². The molecule has 2 aromatic heterocycles. The molecule has 4 nitrogen and oxygen atoms in total. The van der Waals surface area contributed by atoms with Gasteiger partial charge in [-0.2, -0.15) is 5.10 Å². The van der Waals surface area contributed by atoms with Gasteiger partial charge in [0.05, 0.1) is 11.4 Å². The summed E-state index contributed by atoms with van der Waals surface area (Å²) in [5.74, 6) is 0.250. The van der Waals surface area contributed by atoms with Crippen molar-refractivity contribution in [2.75, 3.05) is 7.05 Å². The van der Waals surface area contributed by atoms with E-state index < -0.39 is 0 Å². The maximum atomic E-state index is 13.8. The predicted molar refractivity (Wildman–Crippen MR) is 147 cm³/mol. The van der Waals surface area contributed by atoms with Crippen molar-refractivity contribution in [3.8, 4) is 11.4 Å². The van der Waals surface area contributed by atoms with E-state index in [2.05, 4.69) is 58.9 Å². The van der Waals surface area contributed by atoms with Crippen LogP contribution in [0.5, 0.6) is 0 Å². The largest absolute Gasteiger partial charge is 0.317 e. The van der Waals surface area contributed by atoms with Gasteiger partial charge in [0.15, 0.2) is 0 Å². The minimum absolute atomic E-state index is 0.322. The number of H-pyrrole nitrogens is 1. The number of hydrogen-bond donors (Lipinski definition) is 2. The van der Waals surface area contributed by atoms with Crippen LogP contribution in [0.15, 0.2) is 77.7 Å². The van der Waals surface area contributed by atoms with Crippen molar-refractivity contribution in [3.05, 3.63) is 94.8 Å². The summed E-state index contributed by atoms with van der Waals surface area (Å²) in [5, 5.41) is 10.8. The highest BCUT2D eigenvalue weighted by Crippen LogP contribution is 2.32. The standard InChI is InChI=1S/C31H37FN4/c1-5-23(24-9-6-7-11-27(33-4)12-8-10-24)19-26-16-15-25(14-13-21(26)2)28-20-34-36-31(28)30-18-17-29(32)22(3)35-30/h5,13-14,16-20,24,27,33H,2,6-12H2,1,3-4H3,(H,34,36)/b23-5+,26-19-. The number of nitrogens with one attached hydrogen (secondary N) is 2. The van der Waals surface area contributed by atoms with Crippen LogP contribution in [-0.2, 0) is 0 Å². The SMILES string of the molecule is C=C1C=CC(c2c[nH]nc2-c2ccc(F)c(C)n2)=C=C/C1=C/C(=C\C)C1CCCCC(NC)CCC1. The molecule has 188 valence electrons. The van der Waals surface area contributed by atoms with Crippen LogP contribution in [-0.4, -0.2) is 28.3 Å². The third-order valence-electron chi connectivity index (χ3n) is 7.40. The molecule has 5 heteroatoms. The second-order valence-corrected chi connectivity index (χ2v) is 9.76. The lowest BCUT2D eigenvalue weighted by molar-refractivity contribution is 0.459. The van der Waals surface area contributed by atoms with Crippen LogP contribution < -0.4 is 5.32 Å². The smallest absolute Gasteiger partial charge is 0.144 e. The Bertz CT molecular complexity index is 1250. The number of halogens is 1. The van der Waals surface area contributed by atoms with E-state index in [0.717, 1.165) is 22.3 Å². The fourth-order valence-corrected chi connectivity index (χ4v) is 5.16. The molecule has 36 heavy (non-hydrogen) atoms. The number of aryl methyl sites for hydroxylation is 1. The van der Waals surface area contributed by atoms with Crippen molar-refractivity contribution >= 4 is 5.57 Å². The highest BCUT2D eigenvalue weighted by molar-refractivity contribution is 5.83. The summed E-state index contributed by atoms with van der Waals surface area (Å²) < 4.78 is 13.8. The number of allylic oxidation sites excluding steroid dienone is 8. The number of hydrogen-bond acceptors (Lipinski definition) is 3. The first-order chi connectivity index (χ1) is 17.5. The molecule has 1 fully saturated rings. The molecule has 2 aromatic rings. The molecule has 0 aliphatic heterocycles. The van der Waals surface area contributed by atoms with Crippen molar-refractivity contribution in [1.29, 1.82) is 0 Å². The molecule has 0 radical (unpaired) electrons. The summed E-state index contributed by atoms with van der Waals surface area (Å²) in [6, 6.07) is 3.74. The van der Waals surface area contributed by atoms with E-state index in [-0.39, 0.29) is 5.82 Å². The van der Waals surface area contributed by atoms with Crippen molar-refractivity contribution in [1.82, 2.24) is 20.5 Å². The first-order valence-electron chi connectivity index (χ1n) is 13.1. The molecule has 4 rings (SSSR count). The molecule has 0 spiro atoms. The van der Waals surface area contributed by atoms with Gasteiger partial charge in [-0.15, -0.1) is 5.73 Å². The molecule has 0 aromatic carbocycles. The van der Waals surface area contributed by atoms with Gasteiger partial charge in [-0.3, -0.25) is 5.10 Å². The molecular formula is C31H37FN4. The molecule has 1 saturated carbocycles. The number of aromatic nitrogens is 3. The van der Waals surface area contributed by atoms with Crippen LogP contribution in [0.2, 0.25) is 0 Å². The summed E-state index contributed by atoms with van der Waals surface area (Å²) in [6.45, 7) is 8.13. The lowest BCUT2D eigenvalue weighted by Crippen LogP contribution is -2.24. The quantitative estimate of drug-likeness (QED) is 0.435. The summed E-state index contributed by atoms with van der Waals surface area (Å²) in [7, 11) is 2.09. The number of pyridine rings is 1. The topological polar surface area (TPSA) is 53.6 Å². The zero-order valence-electron chi connectivity index (χ0n) is 21.7. The predicted octanol–water partition coefficient (Wildman–Crippen LogP) is 7.40. The molecular weight excluding hydrogens is 447 g/mol. The molecule has 2 aliphatic carbocycles. The first kappa shape index (κ1) is 25.8. The Morgan fingerprint density at radius 1 is 1.17 bits per heavy atom. The lowest BCUT2D eigenvalue weighted by Gasteiger charge is -2.18. The highest BCUT2D eigenvalue weighted by atomic mass is 19.1. The van der Waals surface area contributed by atoms with E-state index in [1.54, 1.807) is 13.0 Å². The summed E-state index contributed by atoms with van der Waals surface area (Å²) in [5.41, 5.74) is 10.3. The van der Waals surface area contributed by atoms with Gasteiger partial charge in [0.2, 0.25) is 0 Å². The average Bonchev–Trinajstić information content (AvgIpc) is 3.34. The number of aromatic amines is 1. The summed E-state index contributed by atoms with van der Waals surface area (Å²) in [6.07, 6.45) is 21.2. The van der Waals surface area contributed by atoms with Gasteiger partial charge in [-0.25, -0.2) is 9.37 Å². The van der Waals surface area contributed by atoms with Gasteiger partial charge in [-0.05, 0) is 93.5 Å². The molecule has 2 atom stereocenters. The van der Waals surface area contributed by atoms with Crippen molar-refractivity contribution in [2.24, 2.45) is 5.92 Å². The van der Waals surface area contributed by atoms with E-state index in [1.807, 2.05) is 24.4 Å². The average molecular weight is 485 g/mol. The van der Waals surface area contributed by atoms with Gasteiger partial charge in [0.25, 0.3) is 0 Å². The van der Waals surface area contributed by atoms with E-state index in [4.69, 9.17) is 0 Å². The number of nitrogens with zero attached hydrogens (tertiary/aromatic N) is 2. The Kier molecular flexibility index (Phi) is 8.69. The van der Waals surface area contributed by atoms with Gasteiger partial charge < -0.3 is 5.32 Å². The molecule has 2 aliphatic rings. The van der Waals surface area contributed by atoms with Gasteiger partial charge in [-0.1, -0.05) is 44.1 Å². The monoisotopic (exact) mass is 484 g/mol. The maximum absolute atomic E-state index is 13.8. The van der Waals surface area contributed by atoms with Gasteiger partial charge in [0.1, 0.15) is 11.5 Å². The van der Waals surface area contributed by atoms with Gasteiger partial charge in [0, 0.05) is 23.4 Å². The Balaban J connectivity index is 1.61. The van der Waals surface area contributed by atoms with Gasteiger partial charge >= 0.3 is 0 Å². The third-order valence-corrected chi connectivity index (χ3v) is 7.40. The summed E-state index contributed by atoms with van der Waals surface area (Å²) in [4.78, 5) is 4.38. The molecule has 0 bridgehead atoms. The minimum atomic E-state index is -0.322. The van der Waals surface area contributed by atoms with Crippen LogP contribution in [0.3, 0.4) is 0 Å². The van der Waals surface area contributed by atoms with E-state index in [1.165, 1.54) is 56.6 Å². The van der Waals surface area contributed by atoms with Crippen LogP contribution in [0.1, 0.15) is 63.1 Å². The first-order valence-corrected chi connectivity index (χ1v) is 13.1. The van der Waals surface area contributed by atoms with E-state index in [9.17, 15) is 4.39 Å². The Hall–Kier alpha value is -3.27. The molecule has 2 heterocycles. The Morgan fingerprint density at radius 3 is 2.72 bits per heavy atom. The zero-order chi connectivity index (χ0) is 25.5. The number of rotatable bonds is 5. The highest BCUT2D eigenvalue weighted by Gasteiger charge is 2.18. The zero-order valence-corrected chi connectivity index (χ0v) is 21.7. The maximum Gasteiger partial charge on any atom is 0.144 e. The van der Waals surface area contributed by atoms with Crippen LogP contribution in [0, 0.1) is 18.7 Å². The Morgan fingerprint density at radius 2 is 1.94 bits per heavy atom. The van der Waals surface area contributed by atoms with Crippen molar-refractivity contribution < 1.29 is 4.39 Å². The normalized spacial score (nSPS) is 22.7. The third kappa shape index (κ3) is 6.10. The van der Waals surface area contributed by atoms with Crippen LogP contribution >= 0.6 is 0 Å². The van der Waals surface area contributed by atoms with Crippen molar-refractivity contribution in [3.63, 3.8) is 0 Å². The second-order valence-electron chi connectivity index (χ2n) is 9.76. The fourth-order valence-electron chi connectivity index (χ4n) is 5.16. The van der Waals surface area contributed by atoms with Crippen LogP contribution in [0.4, 0.5) is 4.39 Å². The minimum Gasteiger partial charge on any atom is -0.317 e. The van der Waals surface area contributed by atoms with Crippen LogP contribution in [0.25, 0.3) is 17.0 Å². The molecule has 2 unspecified atom stereocenters. The molecule has 0 amide bonds. The lowest BCUT2D eigenvalue weighted by atomic mass is 9.87.